The van der Waals surface area contributed by atoms with Crippen LogP contribution < -0.4 is 10.6 Å². The summed E-state index contributed by atoms with van der Waals surface area (Å²) in [6, 6.07) is 9.88. The molecule has 4 N–H and O–H groups in total. The molecule has 2 aromatic rings. The van der Waals surface area contributed by atoms with Crippen LogP contribution in [0.3, 0.4) is 0 Å². The number of aliphatic hydroxyl groups is 1. The number of carbonyl (C=O) groups excluding carboxylic acids is 2. The number of piperidine rings is 1. The topological polar surface area (TPSA) is 143 Å². The summed E-state index contributed by atoms with van der Waals surface area (Å²) < 4.78 is 0. The van der Waals surface area contributed by atoms with Crippen LogP contribution in [0.4, 0.5) is 5.82 Å². The number of hydrogen-bond donors (Lipinski definition) is 4. The van der Waals surface area contributed by atoms with Crippen LogP contribution in [-0.4, -0.2) is 92.5 Å². The highest BCUT2D eigenvalue weighted by Gasteiger charge is 2.36. The highest BCUT2D eigenvalue weighted by Crippen LogP contribution is 2.31. The van der Waals surface area contributed by atoms with Gasteiger partial charge in [0.15, 0.2) is 0 Å². The van der Waals surface area contributed by atoms with E-state index >= 15 is 0 Å². The number of carbonyl (C=O) groups is 2. The summed E-state index contributed by atoms with van der Waals surface area (Å²) >= 11 is 0. The zero-order valence-corrected chi connectivity index (χ0v) is 21.4. The Morgan fingerprint density at radius 3 is 2.74 bits per heavy atom. The van der Waals surface area contributed by atoms with E-state index in [9.17, 15) is 19.9 Å². The van der Waals surface area contributed by atoms with Crippen LogP contribution in [0.15, 0.2) is 41.8 Å². The number of aliphatic hydroxyl groups excluding tert-OH is 1. The number of rotatable bonds is 9. The second kappa shape index (κ2) is 11.9. The number of amides is 2. The van der Waals surface area contributed by atoms with Crippen molar-refractivity contribution in [1.82, 2.24) is 25.1 Å². The van der Waals surface area contributed by atoms with Gasteiger partial charge in [-0.05, 0) is 43.2 Å². The van der Waals surface area contributed by atoms with Gasteiger partial charge in [-0.3, -0.25) is 14.5 Å². The maximum Gasteiger partial charge on any atom is 0.272 e. The molecule has 202 valence electrons. The minimum absolute atomic E-state index is 0.0471. The van der Waals surface area contributed by atoms with Crippen LogP contribution in [0.5, 0.6) is 0 Å². The molecule has 3 aliphatic rings. The van der Waals surface area contributed by atoms with Gasteiger partial charge in [0.25, 0.3) is 11.8 Å². The molecule has 11 heteroatoms. The van der Waals surface area contributed by atoms with E-state index in [1.165, 1.54) is 17.5 Å². The van der Waals surface area contributed by atoms with E-state index in [4.69, 9.17) is 0 Å². The fourth-order valence-electron chi connectivity index (χ4n) is 5.24. The molecule has 2 fully saturated rings. The van der Waals surface area contributed by atoms with E-state index in [2.05, 4.69) is 48.9 Å². The Balaban J connectivity index is 1.10. The molecule has 5 rings (SSSR count). The molecule has 2 aliphatic heterocycles. The lowest BCUT2D eigenvalue weighted by Crippen LogP contribution is -2.48. The van der Waals surface area contributed by atoms with Crippen LogP contribution in [0.25, 0.3) is 0 Å². The lowest BCUT2D eigenvalue weighted by molar-refractivity contribution is -0.125. The van der Waals surface area contributed by atoms with Gasteiger partial charge in [0.2, 0.25) is 0 Å². The Morgan fingerprint density at radius 1 is 1.13 bits per heavy atom. The lowest BCUT2D eigenvalue weighted by atomic mass is 10.00. The van der Waals surface area contributed by atoms with E-state index in [0.717, 1.165) is 45.2 Å². The van der Waals surface area contributed by atoms with Crippen molar-refractivity contribution >= 4 is 23.3 Å². The van der Waals surface area contributed by atoms with Crippen LogP contribution in [0.2, 0.25) is 0 Å². The van der Waals surface area contributed by atoms with Gasteiger partial charge in [0, 0.05) is 57.3 Å². The van der Waals surface area contributed by atoms with Gasteiger partial charge in [-0.2, -0.15) is 0 Å². The summed E-state index contributed by atoms with van der Waals surface area (Å²) in [7, 11) is 0. The van der Waals surface area contributed by atoms with Crippen molar-refractivity contribution in [3.8, 4) is 0 Å². The van der Waals surface area contributed by atoms with Crippen molar-refractivity contribution in [3.05, 3.63) is 53.5 Å². The Labute approximate surface area is 221 Å². The molecule has 0 radical (unpaired) electrons. The first-order valence-corrected chi connectivity index (χ1v) is 13.4. The maximum atomic E-state index is 12.8. The van der Waals surface area contributed by atoms with Gasteiger partial charge in [-0.1, -0.05) is 29.4 Å². The van der Waals surface area contributed by atoms with Crippen molar-refractivity contribution in [3.63, 3.8) is 0 Å². The van der Waals surface area contributed by atoms with E-state index in [0.29, 0.717) is 25.5 Å². The first kappa shape index (κ1) is 26.1. The third-order valence-corrected chi connectivity index (χ3v) is 7.43. The van der Waals surface area contributed by atoms with Crippen molar-refractivity contribution in [2.24, 2.45) is 11.1 Å². The van der Waals surface area contributed by atoms with Crippen molar-refractivity contribution < 1.29 is 19.9 Å². The molecular weight excluding hydrogens is 486 g/mol. The normalized spacial score (nSPS) is 20.9. The minimum Gasteiger partial charge on any atom is -0.410 e. The molecule has 2 amide bonds. The van der Waals surface area contributed by atoms with E-state index in [1.54, 1.807) is 11.0 Å². The number of nitrogens with zero attached hydrogens (tertiary/aromatic N) is 5. The van der Waals surface area contributed by atoms with Crippen LogP contribution in [-0.2, 0) is 17.8 Å². The summed E-state index contributed by atoms with van der Waals surface area (Å²) in [5, 5.41) is 29.1. The average molecular weight is 522 g/mol. The van der Waals surface area contributed by atoms with Crippen molar-refractivity contribution in [2.75, 3.05) is 38.0 Å². The minimum atomic E-state index is -0.697. The molecule has 38 heavy (non-hydrogen) atoms. The Morgan fingerprint density at radius 2 is 1.95 bits per heavy atom. The number of oxime groups is 1. The molecule has 1 unspecified atom stereocenters. The van der Waals surface area contributed by atoms with E-state index < -0.39 is 6.10 Å². The van der Waals surface area contributed by atoms with Crippen LogP contribution in [0, 0.1) is 5.92 Å². The average Bonchev–Trinajstić information content (AvgIpc) is 3.78. The predicted molar refractivity (Wildman–Crippen MR) is 141 cm³/mol. The van der Waals surface area contributed by atoms with Gasteiger partial charge in [0.05, 0.1) is 6.10 Å². The third kappa shape index (κ3) is 6.46. The summed E-state index contributed by atoms with van der Waals surface area (Å²) in [5.41, 5.74) is 3.09. The molecular formula is C27H35N7O4. The number of nitrogens with one attached hydrogen (secondary N) is 2. The summed E-state index contributed by atoms with van der Waals surface area (Å²) in [6.45, 7) is 3.35. The first-order valence-electron chi connectivity index (χ1n) is 13.4. The predicted octanol–water partition coefficient (Wildman–Crippen LogP) is 1.27. The van der Waals surface area contributed by atoms with Crippen LogP contribution >= 0.6 is 0 Å². The smallest absolute Gasteiger partial charge is 0.272 e. The number of anilines is 1. The van der Waals surface area contributed by atoms with Gasteiger partial charge >= 0.3 is 0 Å². The van der Waals surface area contributed by atoms with E-state index in [-0.39, 0.29) is 41.7 Å². The standard InChI is InChI=1S/C27H35N7O4/c35-22(16-33-11-9-18-4-1-2-5-20(18)14-33)13-28-26(36)23-12-24(30-17-29-23)31-21-6-3-10-34(15-21)27(37)25(32-38)19-7-8-19/h1-2,4-5,12,17,19,21-22,35,38H,3,6-11,13-16H2,(H,28,36)(H,29,30,31)/b32-25-/t21?,22-/m0/s1. The number of hydrogen-bond acceptors (Lipinski definition) is 9. The molecule has 1 aromatic carbocycles. The van der Waals surface area contributed by atoms with Gasteiger partial charge in [-0.15, -0.1) is 0 Å². The van der Waals surface area contributed by atoms with Crippen molar-refractivity contribution in [1.29, 1.82) is 0 Å². The van der Waals surface area contributed by atoms with Gasteiger partial charge in [0.1, 0.15) is 23.6 Å². The van der Waals surface area contributed by atoms with Crippen molar-refractivity contribution in [2.45, 2.75) is 50.8 Å². The molecule has 2 atom stereocenters. The molecule has 1 saturated carbocycles. The highest BCUT2D eigenvalue weighted by molar-refractivity contribution is 6.40. The number of likely N-dealkylation sites (tertiary alicyclic amines) is 1. The summed E-state index contributed by atoms with van der Waals surface area (Å²) in [5.74, 6) is -0.0298. The number of aromatic nitrogens is 2. The zero-order valence-electron chi connectivity index (χ0n) is 21.4. The Hall–Kier alpha value is -3.57. The summed E-state index contributed by atoms with van der Waals surface area (Å²) in [4.78, 5) is 37.7. The third-order valence-electron chi connectivity index (χ3n) is 7.43. The van der Waals surface area contributed by atoms with Gasteiger partial charge < -0.3 is 25.8 Å². The monoisotopic (exact) mass is 521 g/mol. The van der Waals surface area contributed by atoms with Crippen LogP contribution in [0.1, 0.15) is 47.3 Å². The maximum absolute atomic E-state index is 12.8. The zero-order chi connectivity index (χ0) is 26.5. The highest BCUT2D eigenvalue weighted by atomic mass is 16.4. The number of β-amino-alcohol motifs (C(OH)–C–C–N with tert-alkyl or cyclic N) is 1. The molecule has 1 aliphatic carbocycles. The molecule has 3 heterocycles. The lowest BCUT2D eigenvalue weighted by Gasteiger charge is -2.33. The number of benzene rings is 1. The fraction of sp³-hybridized carbons (Fsp3) is 0.519. The van der Waals surface area contributed by atoms with E-state index in [1.807, 2.05) is 6.07 Å². The summed E-state index contributed by atoms with van der Waals surface area (Å²) in [6.07, 6.45) is 5.01. The molecule has 1 aromatic heterocycles. The largest absolute Gasteiger partial charge is 0.410 e. The number of fused-ring (bicyclic) bond motifs is 1. The molecule has 0 spiro atoms. The Kier molecular flexibility index (Phi) is 8.14. The molecule has 11 nitrogen and oxygen atoms in total. The second-order valence-electron chi connectivity index (χ2n) is 10.4. The SMILES string of the molecule is O=C(NC[C@H](O)CN1CCc2ccccc2C1)c1cc(NC2CCCN(C(=O)/C(=N\O)C3CC3)C2)ncn1. The Bertz CT molecular complexity index is 1190. The quantitative estimate of drug-likeness (QED) is 0.219. The molecule has 1 saturated heterocycles. The second-order valence-corrected chi connectivity index (χ2v) is 10.4. The fourth-order valence-corrected chi connectivity index (χ4v) is 5.24. The van der Waals surface area contributed by atoms with Gasteiger partial charge in [-0.25, -0.2) is 9.97 Å². The first-order chi connectivity index (χ1) is 18.5. The molecule has 0 bridgehead atoms.